The van der Waals surface area contributed by atoms with E-state index in [2.05, 4.69) is 12.1 Å². The highest BCUT2D eigenvalue weighted by atomic mass is 32.2. The number of hydrogen-bond acceptors (Lipinski definition) is 4. The zero-order valence-corrected chi connectivity index (χ0v) is 17.7. The Morgan fingerprint density at radius 3 is 2.48 bits per heavy atom. The minimum Gasteiger partial charge on any atom is -0.456 e. The van der Waals surface area contributed by atoms with E-state index in [4.69, 9.17) is 9.29 Å². The standard InChI is InChI=1S/C23H32O5S/c24-21-16-18(14-15-29(26)27)8-12-22(21)28-23(25)13-9-17-6-10-20(11-7-17)19-4-2-1-3-5-19/h6-7,9-11,13,18-19,21-22,24H,1-5,8,12,14-16H2,(H,26,27)/b13-9+. The van der Waals surface area contributed by atoms with Gasteiger partial charge in [0, 0.05) is 11.8 Å². The highest BCUT2D eigenvalue weighted by molar-refractivity contribution is 7.79. The maximum Gasteiger partial charge on any atom is 0.331 e. The van der Waals surface area contributed by atoms with Crippen LogP contribution in [0.3, 0.4) is 0 Å². The molecule has 2 N–H and O–H groups in total. The van der Waals surface area contributed by atoms with Crippen molar-refractivity contribution in [2.75, 3.05) is 5.75 Å². The monoisotopic (exact) mass is 420 g/mol. The highest BCUT2D eigenvalue weighted by Gasteiger charge is 2.31. The van der Waals surface area contributed by atoms with Crippen LogP contribution in [0.5, 0.6) is 0 Å². The maximum atomic E-state index is 12.1. The maximum absolute atomic E-state index is 12.1. The summed E-state index contributed by atoms with van der Waals surface area (Å²) in [6, 6.07) is 8.40. The highest BCUT2D eigenvalue weighted by Crippen LogP contribution is 2.33. The van der Waals surface area contributed by atoms with Crippen LogP contribution in [0.25, 0.3) is 6.08 Å². The van der Waals surface area contributed by atoms with E-state index in [1.54, 1.807) is 6.08 Å². The van der Waals surface area contributed by atoms with Gasteiger partial charge in [-0.15, -0.1) is 0 Å². The second kappa shape index (κ2) is 11.0. The Bertz CT molecular complexity index is 708. The Morgan fingerprint density at radius 1 is 1.10 bits per heavy atom. The van der Waals surface area contributed by atoms with E-state index in [0.29, 0.717) is 25.2 Å². The number of aliphatic hydroxyl groups is 1. The number of esters is 1. The summed E-state index contributed by atoms with van der Waals surface area (Å²) in [4.78, 5) is 12.1. The lowest BCUT2D eigenvalue weighted by atomic mass is 9.84. The third-order valence-electron chi connectivity index (χ3n) is 6.26. The lowest BCUT2D eigenvalue weighted by Gasteiger charge is -2.32. The predicted octanol–water partition coefficient (Wildman–Crippen LogP) is 4.43. The summed E-state index contributed by atoms with van der Waals surface area (Å²) in [6.07, 6.45) is 10.9. The first-order valence-corrected chi connectivity index (χ1v) is 12.0. The van der Waals surface area contributed by atoms with Crippen molar-refractivity contribution in [2.24, 2.45) is 5.92 Å². The van der Waals surface area contributed by atoms with Gasteiger partial charge < -0.3 is 14.4 Å². The van der Waals surface area contributed by atoms with Crippen molar-refractivity contribution in [3.8, 4) is 0 Å². The first-order chi connectivity index (χ1) is 14.0. The van der Waals surface area contributed by atoms with Gasteiger partial charge in [-0.05, 0) is 67.6 Å². The van der Waals surface area contributed by atoms with Gasteiger partial charge in [-0.1, -0.05) is 43.5 Å². The lowest BCUT2D eigenvalue weighted by molar-refractivity contribution is -0.152. The van der Waals surface area contributed by atoms with Crippen molar-refractivity contribution >= 4 is 23.1 Å². The summed E-state index contributed by atoms with van der Waals surface area (Å²) in [7, 11) is 0. The van der Waals surface area contributed by atoms with Crippen molar-refractivity contribution in [3.05, 3.63) is 41.5 Å². The molecule has 0 radical (unpaired) electrons. The molecular weight excluding hydrogens is 388 g/mol. The number of benzene rings is 1. The number of ether oxygens (including phenoxy) is 1. The molecular formula is C23H32O5S. The van der Waals surface area contributed by atoms with Crippen LogP contribution in [0.2, 0.25) is 0 Å². The van der Waals surface area contributed by atoms with E-state index in [1.807, 2.05) is 12.1 Å². The van der Waals surface area contributed by atoms with Gasteiger partial charge in [0.05, 0.1) is 6.10 Å². The third-order valence-corrected chi connectivity index (χ3v) is 6.84. The van der Waals surface area contributed by atoms with Crippen LogP contribution in [0, 0.1) is 5.92 Å². The second-order valence-corrected chi connectivity index (χ2v) is 9.42. The SMILES string of the molecule is O=C(/C=C/c1ccc(C2CCCCC2)cc1)OC1CCC(CCS(=O)O)CC1O. The van der Waals surface area contributed by atoms with Crippen molar-refractivity contribution in [2.45, 2.75) is 75.9 Å². The van der Waals surface area contributed by atoms with E-state index < -0.39 is 29.3 Å². The fraction of sp³-hybridized carbons (Fsp3) is 0.609. The van der Waals surface area contributed by atoms with Gasteiger partial charge in [-0.2, -0.15) is 0 Å². The van der Waals surface area contributed by atoms with Crippen LogP contribution < -0.4 is 0 Å². The average Bonchev–Trinajstić information content (AvgIpc) is 2.73. The Morgan fingerprint density at radius 2 is 1.83 bits per heavy atom. The number of carbonyl (C=O) groups is 1. The van der Waals surface area contributed by atoms with E-state index in [-0.39, 0.29) is 11.7 Å². The number of hydrogen-bond donors (Lipinski definition) is 2. The zero-order chi connectivity index (χ0) is 20.6. The van der Waals surface area contributed by atoms with Crippen molar-refractivity contribution in [1.29, 1.82) is 0 Å². The average molecular weight is 421 g/mol. The normalized spacial score (nSPS) is 27.0. The van der Waals surface area contributed by atoms with Crippen molar-refractivity contribution in [3.63, 3.8) is 0 Å². The minimum absolute atomic E-state index is 0.203. The van der Waals surface area contributed by atoms with E-state index in [9.17, 15) is 14.1 Å². The number of rotatable bonds is 7. The Balaban J connectivity index is 1.45. The molecule has 2 saturated carbocycles. The molecule has 0 spiro atoms. The van der Waals surface area contributed by atoms with Gasteiger partial charge in [0.15, 0.2) is 11.1 Å². The lowest BCUT2D eigenvalue weighted by Crippen LogP contribution is -2.37. The van der Waals surface area contributed by atoms with Gasteiger partial charge in [-0.3, -0.25) is 0 Å². The summed E-state index contributed by atoms with van der Waals surface area (Å²) in [5, 5.41) is 10.3. The van der Waals surface area contributed by atoms with Crippen LogP contribution in [-0.2, 0) is 20.6 Å². The molecule has 0 heterocycles. The molecule has 0 saturated heterocycles. The molecule has 2 fully saturated rings. The number of carbonyl (C=O) groups excluding carboxylic acids is 1. The van der Waals surface area contributed by atoms with E-state index >= 15 is 0 Å². The molecule has 6 heteroatoms. The third kappa shape index (κ3) is 7.05. The first kappa shape index (κ1) is 22.2. The molecule has 0 amide bonds. The van der Waals surface area contributed by atoms with Crippen LogP contribution in [0.4, 0.5) is 0 Å². The predicted molar refractivity (Wildman–Crippen MR) is 115 cm³/mol. The Hall–Kier alpha value is -1.50. The van der Waals surface area contributed by atoms with Crippen LogP contribution in [-0.4, -0.2) is 37.8 Å². The molecule has 0 bridgehead atoms. The van der Waals surface area contributed by atoms with E-state index in [0.717, 1.165) is 12.0 Å². The summed E-state index contributed by atoms with van der Waals surface area (Å²) in [5.74, 6) is 0.653. The summed E-state index contributed by atoms with van der Waals surface area (Å²) >= 11 is -1.80. The van der Waals surface area contributed by atoms with Crippen LogP contribution >= 0.6 is 0 Å². The zero-order valence-electron chi connectivity index (χ0n) is 16.9. The summed E-state index contributed by atoms with van der Waals surface area (Å²) in [6.45, 7) is 0. The quantitative estimate of drug-likeness (QED) is 0.387. The molecule has 160 valence electrons. The van der Waals surface area contributed by atoms with Gasteiger partial charge in [-0.25, -0.2) is 9.00 Å². The Kier molecular flexibility index (Phi) is 8.45. The topological polar surface area (TPSA) is 83.8 Å². The summed E-state index contributed by atoms with van der Waals surface area (Å²) in [5.41, 5.74) is 2.34. The van der Waals surface area contributed by atoms with Gasteiger partial charge in [0.2, 0.25) is 0 Å². The Labute approximate surface area is 175 Å². The molecule has 1 aromatic rings. The smallest absolute Gasteiger partial charge is 0.331 e. The first-order valence-electron chi connectivity index (χ1n) is 10.8. The van der Waals surface area contributed by atoms with Gasteiger partial charge >= 0.3 is 5.97 Å². The molecule has 4 atom stereocenters. The fourth-order valence-corrected chi connectivity index (χ4v) is 5.07. The molecule has 2 aliphatic carbocycles. The van der Waals surface area contributed by atoms with E-state index in [1.165, 1.54) is 43.7 Å². The number of aliphatic hydroxyl groups excluding tert-OH is 1. The molecule has 1 aromatic carbocycles. The molecule has 0 aliphatic heterocycles. The molecule has 0 aromatic heterocycles. The molecule has 29 heavy (non-hydrogen) atoms. The molecule has 4 unspecified atom stereocenters. The molecule has 2 aliphatic rings. The van der Waals surface area contributed by atoms with Crippen LogP contribution in [0.15, 0.2) is 30.3 Å². The molecule has 3 rings (SSSR count). The van der Waals surface area contributed by atoms with Crippen molar-refractivity contribution < 1.29 is 23.4 Å². The summed E-state index contributed by atoms with van der Waals surface area (Å²) < 4.78 is 25.1. The minimum atomic E-state index is -1.80. The van der Waals surface area contributed by atoms with Crippen LogP contribution in [0.1, 0.15) is 74.8 Å². The molecule has 5 nitrogen and oxygen atoms in total. The van der Waals surface area contributed by atoms with Gasteiger partial charge in [0.25, 0.3) is 0 Å². The second-order valence-electron chi connectivity index (χ2n) is 8.37. The van der Waals surface area contributed by atoms with Gasteiger partial charge in [0.1, 0.15) is 6.10 Å². The van der Waals surface area contributed by atoms with Crippen molar-refractivity contribution in [1.82, 2.24) is 0 Å². The fourth-order valence-electron chi connectivity index (χ4n) is 4.54. The largest absolute Gasteiger partial charge is 0.456 e.